The highest BCUT2D eigenvalue weighted by Crippen LogP contribution is 2.34. The number of thioether (sulfide) groups is 1. The molecule has 2 aromatic carbocycles. The van der Waals surface area contributed by atoms with Crippen LogP contribution in [0, 0.1) is 11.3 Å². The number of nitrogens with one attached hydrogen (secondary N) is 2. The molecular formula is C23H19F3N4O4S. The first-order valence-corrected chi connectivity index (χ1v) is 11.3. The zero-order valence-corrected chi connectivity index (χ0v) is 19.3. The van der Waals surface area contributed by atoms with Crippen LogP contribution in [0.1, 0.15) is 18.1 Å². The number of benzene rings is 2. The monoisotopic (exact) mass is 504 g/mol. The molecule has 3 aromatic rings. The summed E-state index contributed by atoms with van der Waals surface area (Å²) in [4.78, 5) is 31.3. The first-order valence-electron chi connectivity index (χ1n) is 10.1. The number of nitrogens with zero attached hydrogens (tertiary/aromatic N) is 2. The Morgan fingerprint density at radius 2 is 1.97 bits per heavy atom. The molecule has 8 nitrogen and oxygen atoms in total. The van der Waals surface area contributed by atoms with Crippen molar-refractivity contribution in [1.82, 2.24) is 9.97 Å². The fourth-order valence-electron chi connectivity index (χ4n) is 3.02. The van der Waals surface area contributed by atoms with Crippen LogP contribution < -0.4 is 20.3 Å². The molecule has 0 aliphatic rings. The van der Waals surface area contributed by atoms with Gasteiger partial charge in [-0.25, -0.2) is 4.98 Å². The molecule has 0 radical (unpaired) electrons. The van der Waals surface area contributed by atoms with E-state index in [0.717, 1.165) is 12.1 Å². The molecule has 0 spiro atoms. The van der Waals surface area contributed by atoms with Crippen molar-refractivity contribution < 1.29 is 27.4 Å². The highest BCUT2D eigenvalue weighted by Gasteiger charge is 2.30. The normalized spacial score (nSPS) is 11.0. The SMILES string of the molecule is CCOc1cc(-c2nc(SC)[nH]c(=O)c2C#N)ccc1OCC(=O)Nc1cccc(C(F)(F)F)c1. The molecule has 0 atom stereocenters. The summed E-state index contributed by atoms with van der Waals surface area (Å²) < 4.78 is 49.7. The lowest BCUT2D eigenvalue weighted by Gasteiger charge is -2.14. The van der Waals surface area contributed by atoms with Crippen LogP contribution in [0.4, 0.5) is 18.9 Å². The number of hydrogen-bond donors (Lipinski definition) is 2. The van der Waals surface area contributed by atoms with E-state index < -0.39 is 29.8 Å². The van der Waals surface area contributed by atoms with E-state index >= 15 is 0 Å². The van der Waals surface area contributed by atoms with E-state index in [-0.39, 0.29) is 35.1 Å². The number of amides is 1. The number of H-pyrrole nitrogens is 1. The summed E-state index contributed by atoms with van der Waals surface area (Å²) in [5, 5.41) is 12.1. The Morgan fingerprint density at radius 1 is 1.20 bits per heavy atom. The van der Waals surface area contributed by atoms with E-state index in [9.17, 15) is 28.0 Å². The third-order valence-corrected chi connectivity index (χ3v) is 5.13. The van der Waals surface area contributed by atoms with Gasteiger partial charge in [0.05, 0.1) is 17.9 Å². The third-order valence-electron chi connectivity index (χ3n) is 4.55. The summed E-state index contributed by atoms with van der Waals surface area (Å²) in [5.41, 5.74) is -1.07. The minimum Gasteiger partial charge on any atom is -0.490 e. The smallest absolute Gasteiger partial charge is 0.416 e. The van der Waals surface area contributed by atoms with Crippen molar-refractivity contribution in [2.24, 2.45) is 0 Å². The largest absolute Gasteiger partial charge is 0.490 e. The van der Waals surface area contributed by atoms with Gasteiger partial charge in [0, 0.05) is 11.3 Å². The number of carbonyl (C=O) groups is 1. The highest BCUT2D eigenvalue weighted by molar-refractivity contribution is 7.98. The quantitative estimate of drug-likeness (QED) is 0.343. The van der Waals surface area contributed by atoms with Crippen LogP contribution in [0.3, 0.4) is 0 Å². The number of aromatic amines is 1. The number of aromatic nitrogens is 2. The maximum atomic E-state index is 12.9. The van der Waals surface area contributed by atoms with Crippen LogP contribution in [-0.2, 0) is 11.0 Å². The van der Waals surface area contributed by atoms with Crippen LogP contribution in [0.2, 0.25) is 0 Å². The second kappa shape index (κ2) is 11.0. The van der Waals surface area contributed by atoms with Gasteiger partial charge >= 0.3 is 6.18 Å². The zero-order valence-electron chi connectivity index (χ0n) is 18.5. The first kappa shape index (κ1) is 25.6. The van der Waals surface area contributed by atoms with Gasteiger partial charge in [0.2, 0.25) is 0 Å². The number of anilines is 1. The van der Waals surface area contributed by atoms with Crippen molar-refractivity contribution in [3.05, 3.63) is 63.9 Å². The van der Waals surface area contributed by atoms with Crippen molar-refractivity contribution in [2.75, 3.05) is 24.8 Å². The molecule has 1 heterocycles. The van der Waals surface area contributed by atoms with Gasteiger partial charge < -0.3 is 19.8 Å². The van der Waals surface area contributed by atoms with Gasteiger partial charge in [-0.3, -0.25) is 9.59 Å². The maximum absolute atomic E-state index is 12.9. The Labute approximate surface area is 202 Å². The molecule has 12 heteroatoms. The van der Waals surface area contributed by atoms with Gasteiger partial charge in [-0.15, -0.1) is 0 Å². The van der Waals surface area contributed by atoms with E-state index in [0.29, 0.717) is 10.7 Å². The van der Waals surface area contributed by atoms with E-state index in [1.807, 2.05) is 6.07 Å². The molecule has 0 aliphatic carbocycles. The molecule has 1 aromatic heterocycles. The number of halogens is 3. The van der Waals surface area contributed by atoms with Crippen molar-refractivity contribution in [1.29, 1.82) is 5.26 Å². The number of ether oxygens (including phenoxy) is 2. The summed E-state index contributed by atoms with van der Waals surface area (Å²) in [6.07, 6.45) is -2.81. The summed E-state index contributed by atoms with van der Waals surface area (Å²) in [7, 11) is 0. The molecule has 2 N–H and O–H groups in total. The van der Waals surface area contributed by atoms with Gasteiger partial charge in [0.1, 0.15) is 11.6 Å². The maximum Gasteiger partial charge on any atom is 0.416 e. The highest BCUT2D eigenvalue weighted by atomic mass is 32.2. The second-order valence-electron chi connectivity index (χ2n) is 6.92. The first-order chi connectivity index (χ1) is 16.7. The Balaban J connectivity index is 1.81. The minimum atomic E-state index is -4.54. The lowest BCUT2D eigenvalue weighted by molar-refractivity contribution is -0.137. The average molecular weight is 504 g/mol. The van der Waals surface area contributed by atoms with Gasteiger partial charge in [0.15, 0.2) is 23.3 Å². The minimum absolute atomic E-state index is 0.0252. The molecule has 0 saturated heterocycles. The standard InChI is InChI=1S/C23H19F3N4O4S/c1-3-33-18-9-13(20-16(11-27)21(32)30-22(29-20)35-2)7-8-17(18)34-12-19(31)28-15-6-4-5-14(10-15)23(24,25)26/h4-10H,3,12H2,1-2H3,(H,28,31)(H,29,30,32). The summed E-state index contributed by atoms with van der Waals surface area (Å²) in [5.74, 6) is -0.264. The van der Waals surface area contributed by atoms with Gasteiger partial charge in [-0.1, -0.05) is 17.8 Å². The Bertz CT molecular complexity index is 1340. The van der Waals surface area contributed by atoms with E-state index in [1.165, 1.54) is 36.0 Å². The summed E-state index contributed by atoms with van der Waals surface area (Å²) in [6.45, 7) is 1.48. The molecule has 0 bridgehead atoms. The van der Waals surface area contributed by atoms with Gasteiger partial charge in [-0.2, -0.15) is 18.4 Å². The molecule has 182 valence electrons. The Kier molecular flexibility index (Phi) is 8.03. The van der Waals surface area contributed by atoms with Crippen LogP contribution in [0.15, 0.2) is 52.4 Å². The van der Waals surface area contributed by atoms with Crippen LogP contribution >= 0.6 is 11.8 Å². The van der Waals surface area contributed by atoms with Gasteiger partial charge in [-0.05, 0) is 49.6 Å². The van der Waals surface area contributed by atoms with Crippen molar-refractivity contribution in [3.8, 4) is 28.8 Å². The van der Waals surface area contributed by atoms with Crippen LogP contribution in [-0.4, -0.2) is 35.3 Å². The average Bonchev–Trinajstić information content (AvgIpc) is 2.82. The fraction of sp³-hybridized carbons (Fsp3) is 0.217. The van der Waals surface area contributed by atoms with E-state index in [2.05, 4.69) is 15.3 Å². The second-order valence-corrected chi connectivity index (χ2v) is 7.72. The Hall–Kier alpha value is -3.98. The summed E-state index contributed by atoms with van der Waals surface area (Å²) >= 11 is 1.20. The molecule has 0 fully saturated rings. The predicted molar refractivity (Wildman–Crippen MR) is 124 cm³/mol. The van der Waals surface area contributed by atoms with Crippen LogP contribution in [0.5, 0.6) is 11.5 Å². The third kappa shape index (κ3) is 6.33. The zero-order chi connectivity index (χ0) is 25.6. The van der Waals surface area contributed by atoms with E-state index in [1.54, 1.807) is 19.2 Å². The van der Waals surface area contributed by atoms with Crippen molar-refractivity contribution >= 4 is 23.4 Å². The lowest BCUT2D eigenvalue weighted by Crippen LogP contribution is -2.20. The Morgan fingerprint density at radius 3 is 2.63 bits per heavy atom. The molecule has 0 saturated carbocycles. The number of nitriles is 1. The molecular weight excluding hydrogens is 485 g/mol. The predicted octanol–water partition coefficient (Wildman–Crippen LogP) is 4.47. The van der Waals surface area contributed by atoms with Gasteiger partial charge in [0.25, 0.3) is 11.5 Å². The number of hydrogen-bond acceptors (Lipinski definition) is 7. The van der Waals surface area contributed by atoms with Crippen LogP contribution in [0.25, 0.3) is 11.3 Å². The molecule has 35 heavy (non-hydrogen) atoms. The number of carbonyl (C=O) groups excluding carboxylic acids is 1. The molecule has 0 unspecified atom stereocenters. The van der Waals surface area contributed by atoms with E-state index in [4.69, 9.17) is 9.47 Å². The number of rotatable bonds is 8. The van der Waals surface area contributed by atoms with Crippen molar-refractivity contribution in [3.63, 3.8) is 0 Å². The molecule has 0 aliphatic heterocycles. The molecule has 3 rings (SSSR count). The molecule has 1 amide bonds. The summed E-state index contributed by atoms with van der Waals surface area (Å²) in [6, 6.07) is 10.6. The van der Waals surface area contributed by atoms with Crippen molar-refractivity contribution in [2.45, 2.75) is 18.3 Å². The fourth-order valence-corrected chi connectivity index (χ4v) is 3.40. The number of alkyl halides is 3. The topological polar surface area (TPSA) is 117 Å². The lowest BCUT2D eigenvalue weighted by atomic mass is 10.1.